The van der Waals surface area contributed by atoms with Gasteiger partial charge in [-0.2, -0.15) is 0 Å². The number of hydrogen-bond acceptors (Lipinski definition) is 6. The summed E-state index contributed by atoms with van der Waals surface area (Å²) in [4.78, 5) is 15.2. The number of benzene rings is 3. The fraction of sp³-hybridized carbons (Fsp3) is 0.154. The Morgan fingerprint density at radius 1 is 1.03 bits per heavy atom. The largest absolute Gasteiger partial charge is 0.495 e. The molecule has 0 atom stereocenters. The molecular formula is C26H19Cl3INO4S2. The number of thioether (sulfide) groups is 1. The molecule has 1 heterocycles. The first-order valence-electron chi connectivity index (χ1n) is 10.9. The Morgan fingerprint density at radius 2 is 1.81 bits per heavy atom. The molecule has 37 heavy (non-hydrogen) atoms. The van der Waals surface area contributed by atoms with Crippen molar-refractivity contribution in [3.8, 4) is 17.2 Å². The van der Waals surface area contributed by atoms with E-state index in [2.05, 4.69) is 22.6 Å². The SMILES string of the molecule is CCOc1cc(/C=C2/SC(=S)N(c3ccc(OC)c(Cl)c3)C2=O)cc(I)c1OCc1ccc(Cl)cc1Cl. The molecule has 1 saturated heterocycles. The molecule has 0 bridgehead atoms. The van der Waals surface area contributed by atoms with Gasteiger partial charge in [-0.1, -0.05) is 64.8 Å². The van der Waals surface area contributed by atoms with Gasteiger partial charge in [-0.15, -0.1) is 0 Å². The van der Waals surface area contributed by atoms with Gasteiger partial charge >= 0.3 is 0 Å². The minimum absolute atomic E-state index is 0.234. The highest BCUT2D eigenvalue weighted by molar-refractivity contribution is 14.1. The van der Waals surface area contributed by atoms with E-state index in [1.807, 2.05) is 25.1 Å². The summed E-state index contributed by atoms with van der Waals surface area (Å²) >= 11 is 27.5. The summed E-state index contributed by atoms with van der Waals surface area (Å²) in [7, 11) is 1.53. The zero-order valence-electron chi connectivity index (χ0n) is 19.5. The number of hydrogen-bond donors (Lipinski definition) is 0. The van der Waals surface area contributed by atoms with Crippen molar-refractivity contribution in [1.82, 2.24) is 0 Å². The van der Waals surface area contributed by atoms with Crippen molar-refractivity contribution in [2.45, 2.75) is 13.5 Å². The highest BCUT2D eigenvalue weighted by Gasteiger charge is 2.33. The Bertz CT molecular complexity index is 1420. The van der Waals surface area contributed by atoms with Crippen LogP contribution >= 0.6 is 81.4 Å². The number of amides is 1. The summed E-state index contributed by atoms with van der Waals surface area (Å²) in [5, 5.41) is 1.48. The van der Waals surface area contributed by atoms with Crippen molar-refractivity contribution >= 4 is 103 Å². The van der Waals surface area contributed by atoms with Crippen LogP contribution in [0.5, 0.6) is 17.2 Å². The van der Waals surface area contributed by atoms with Crippen molar-refractivity contribution in [3.63, 3.8) is 0 Å². The number of methoxy groups -OCH3 is 1. The van der Waals surface area contributed by atoms with Crippen molar-refractivity contribution < 1.29 is 19.0 Å². The lowest BCUT2D eigenvalue weighted by Crippen LogP contribution is -2.27. The van der Waals surface area contributed by atoms with Gasteiger partial charge in [0.25, 0.3) is 5.91 Å². The second-order valence-electron chi connectivity index (χ2n) is 7.62. The van der Waals surface area contributed by atoms with Gasteiger partial charge in [-0.3, -0.25) is 9.69 Å². The van der Waals surface area contributed by atoms with Crippen LogP contribution in [-0.2, 0) is 11.4 Å². The third kappa shape index (κ3) is 6.49. The molecule has 1 amide bonds. The highest BCUT2D eigenvalue weighted by Crippen LogP contribution is 2.40. The lowest BCUT2D eigenvalue weighted by molar-refractivity contribution is -0.113. The molecule has 3 aromatic rings. The molecule has 5 nitrogen and oxygen atoms in total. The topological polar surface area (TPSA) is 48.0 Å². The van der Waals surface area contributed by atoms with Gasteiger partial charge < -0.3 is 14.2 Å². The van der Waals surface area contributed by atoms with E-state index in [9.17, 15) is 4.79 Å². The number of anilines is 1. The van der Waals surface area contributed by atoms with Gasteiger partial charge in [0.05, 0.1) is 32.9 Å². The quantitative estimate of drug-likeness (QED) is 0.133. The van der Waals surface area contributed by atoms with E-state index >= 15 is 0 Å². The Kier molecular flexibility index (Phi) is 9.53. The third-order valence-electron chi connectivity index (χ3n) is 5.20. The molecule has 0 radical (unpaired) electrons. The zero-order valence-corrected chi connectivity index (χ0v) is 25.6. The van der Waals surface area contributed by atoms with Crippen molar-refractivity contribution in [2.24, 2.45) is 0 Å². The predicted octanol–water partition coefficient (Wildman–Crippen LogP) is 8.64. The average Bonchev–Trinajstić information content (AvgIpc) is 3.12. The molecule has 3 aromatic carbocycles. The molecule has 1 aliphatic heterocycles. The van der Waals surface area contributed by atoms with Gasteiger partial charge in [-0.05, 0) is 83.6 Å². The standard InChI is InChI=1S/C26H19Cl3INO4S2/c1-3-34-22-9-14(8-20(30)24(22)35-13-15-4-5-16(27)11-18(15)28)10-23-25(32)31(26(36)37-23)17-6-7-21(33-2)19(29)12-17/h4-12H,3,13H2,1-2H3/b23-10+. The Balaban J connectivity index is 1.60. The molecule has 0 aliphatic carbocycles. The Hall–Kier alpha value is -1.69. The molecule has 0 N–H and O–H groups in total. The van der Waals surface area contributed by atoms with E-state index in [1.165, 1.54) is 23.8 Å². The van der Waals surface area contributed by atoms with Gasteiger partial charge in [0.15, 0.2) is 15.8 Å². The predicted molar refractivity (Wildman–Crippen MR) is 165 cm³/mol. The monoisotopic (exact) mass is 705 g/mol. The number of carbonyl (C=O) groups excluding carboxylic acids is 1. The molecule has 192 valence electrons. The first kappa shape index (κ1) is 28.3. The fourth-order valence-corrected chi connectivity index (χ4v) is 6.29. The summed E-state index contributed by atoms with van der Waals surface area (Å²) in [6.07, 6.45) is 1.79. The number of rotatable bonds is 8. The van der Waals surface area contributed by atoms with E-state index in [1.54, 1.807) is 36.4 Å². The van der Waals surface area contributed by atoms with Crippen LogP contribution in [0.2, 0.25) is 15.1 Å². The second-order valence-corrected chi connectivity index (χ2v) is 11.7. The van der Waals surface area contributed by atoms with E-state index in [0.717, 1.165) is 14.7 Å². The average molecular weight is 707 g/mol. The summed E-state index contributed by atoms with van der Waals surface area (Å²) in [6, 6.07) is 14.1. The van der Waals surface area contributed by atoms with E-state index in [0.29, 0.717) is 53.8 Å². The molecule has 0 spiro atoms. The molecule has 1 aliphatic rings. The third-order valence-corrected chi connectivity index (χ3v) is 8.19. The molecule has 1 fully saturated rings. The van der Waals surface area contributed by atoms with Crippen molar-refractivity contribution in [2.75, 3.05) is 18.6 Å². The minimum atomic E-state index is -0.234. The van der Waals surface area contributed by atoms with Crippen LogP contribution in [0.15, 0.2) is 53.4 Å². The lowest BCUT2D eigenvalue weighted by atomic mass is 10.1. The van der Waals surface area contributed by atoms with E-state index in [4.69, 9.17) is 61.2 Å². The number of nitrogens with zero attached hydrogens (tertiary/aromatic N) is 1. The summed E-state index contributed by atoms with van der Waals surface area (Å²) in [6.45, 7) is 2.58. The van der Waals surface area contributed by atoms with Crippen LogP contribution in [0.4, 0.5) is 5.69 Å². The van der Waals surface area contributed by atoms with Crippen molar-refractivity contribution in [3.05, 3.63) is 83.2 Å². The van der Waals surface area contributed by atoms with Crippen LogP contribution in [-0.4, -0.2) is 23.9 Å². The number of halogens is 4. The zero-order chi connectivity index (χ0) is 26.7. The maximum atomic E-state index is 13.3. The first-order chi connectivity index (χ1) is 17.7. The Labute approximate surface area is 253 Å². The van der Waals surface area contributed by atoms with Gasteiger partial charge in [0.2, 0.25) is 0 Å². The summed E-state index contributed by atoms with van der Waals surface area (Å²) < 4.78 is 18.4. The molecule has 0 aromatic heterocycles. The summed E-state index contributed by atoms with van der Waals surface area (Å²) in [5.74, 6) is 1.43. The van der Waals surface area contributed by atoms with E-state index < -0.39 is 0 Å². The maximum Gasteiger partial charge on any atom is 0.270 e. The second kappa shape index (κ2) is 12.4. The Morgan fingerprint density at radius 3 is 2.49 bits per heavy atom. The van der Waals surface area contributed by atoms with Crippen LogP contribution in [0, 0.1) is 3.57 Å². The van der Waals surface area contributed by atoms with Crippen LogP contribution in [0.1, 0.15) is 18.1 Å². The van der Waals surface area contributed by atoms with E-state index in [-0.39, 0.29) is 12.5 Å². The minimum Gasteiger partial charge on any atom is -0.495 e. The van der Waals surface area contributed by atoms with Crippen molar-refractivity contribution in [1.29, 1.82) is 0 Å². The van der Waals surface area contributed by atoms with Gasteiger partial charge in [0, 0.05) is 15.6 Å². The first-order valence-corrected chi connectivity index (χ1v) is 14.3. The van der Waals surface area contributed by atoms with Crippen LogP contribution < -0.4 is 19.1 Å². The molecule has 0 saturated carbocycles. The number of carbonyl (C=O) groups is 1. The smallest absolute Gasteiger partial charge is 0.270 e. The van der Waals surface area contributed by atoms with Crippen LogP contribution in [0.3, 0.4) is 0 Å². The normalized spacial score (nSPS) is 14.4. The summed E-state index contributed by atoms with van der Waals surface area (Å²) in [5.41, 5.74) is 2.15. The lowest BCUT2D eigenvalue weighted by Gasteiger charge is -2.16. The van der Waals surface area contributed by atoms with Crippen LogP contribution in [0.25, 0.3) is 6.08 Å². The highest BCUT2D eigenvalue weighted by atomic mass is 127. The maximum absolute atomic E-state index is 13.3. The number of ether oxygens (including phenoxy) is 3. The number of thiocarbonyl (C=S) groups is 1. The van der Waals surface area contributed by atoms with Gasteiger partial charge in [-0.25, -0.2) is 0 Å². The molecule has 11 heteroatoms. The molecular weight excluding hydrogens is 688 g/mol. The van der Waals surface area contributed by atoms with Gasteiger partial charge in [0.1, 0.15) is 12.4 Å². The molecule has 0 unspecified atom stereocenters. The fourth-order valence-electron chi connectivity index (χ4n) is 3.50. The molecule has 4 rings (SSSR count).